The fraction of sp³-hybridized carbons (Fsp3) is 0.389. The summed E-state index contributed by atoms with van der Waals surface area (Å²) in [5.74, 6) is -0.640. The second-order valence-corrected chi connectivity index (χ2v) is 6.62. The Bertz CT molecular complexity index is 803. The van der Waals surface area contributed by atoms with Gasteiger partial charge >= 0.3 is 0 Å². The first-order valence-corrected chi connectivity index (χ1v) is 9.11. The Balaban J connectivity index is 0.00000261. The summed E-state index contributed by atoms with van der Waals surface area (Å²) >= 11 is 6.02. The monoisotopic (exact) mass is 411 g/mol. The van der Waals surface area contributed by atoms with Gasteiger partial charge in [0.1, 0.15) is 0 Å². The van der Waals surface area contributed by atoms with Crippen LogP contribution in [0.4, 0.5) is 5.69 Å². The third-order valence-electron chi connectivity index (χ3n) is 4.30. The molecule has 3 rings (SSSR count). The van der Waals surface area contributed by atoms with Gasteiger partial charge in [0.2, 0.25) is 0 Å². The van der Waals surface area contributed by atoms with Gasteiger partial charge in [-0.25, -0.2) is 0 Å². The highest BCUT2D eigenvalue weighted by molar-refractivity contribution is 6.31. The number of piperidine rings is 1. The molecule has 0 saturated carbocycles. The molecule has 2 aromatic rings. The molecule has 0 spiro atoms. The molecule has 9 heteroatoms. The Kier molecular flexibility index (Phi) is 7.65. The molecule has 27 heavy (non-hydrogen) atoms. The van der Waals surface area contributed by atoms with Crippen LogP contribution in [0, 0.1) is 0 Å². The highest BCUT2D eigenvalue weighted by Crippen LogP contribution is 2.22. The van der Waals surface area contributed by atoms with E-state index in [9.17, 15) is 9.59 Å². The van der Waals surface area contributed by atoms with Gasteiger partial charge in [-0.05, 0) is 50.6 Å². The van der Waals surface area contributed by atoms with Crippen LogP contribution in [0.2, 0.25) is 5.02 Å². The van der Waals surface area contributed by atoms with E-state index < -0.39 is 0 Å². The summed E-state index contributed by atoms with van der Waals surface area (Å²) in [6, 6.07) is 6.70. The number of aromatic nitrogens is 2. The van der Waals surface area contributed by atoms with E-state index in [-0.39, 0.29) is 30.3 Å². The van der Waals surface area contributed by atoms with Crippen molar-refractivity contribution in [3.63, 3.8) is 0 Å². The number of hydrogen-bond donors (Lipinski definition) is 3. The molecule has 0 aliphatic carbocycles. The molecule has 1 atom stereocenters. The van der Waals surface area contributed by atoms with Crippen LogP contribution in [0.1, 0.15) is 46.7 Å². The van der Waals surface area contributed by atoms with E-state index in [1.54, 1.807) is 24.3 Å². The second-order valence-electron chi connectivity index (χ2n) is 6.18. The van der Waals surface area contributed by atoms with Crippen molar-refractivity contribution in [3.8, 4) is 0 Å². The van der Waals surface area contributed by atoms with E-state index in [4.69, 9.17) is 11.6 Å². The number of hydrogen-bond acceptors (Lipinski definition) is 4. The predicted molar refractivity (Wildman–Crippen MR) is 108 cm³/mol. The number of anilines is 1. The molecule has 0 radical (unpaired) electrons. The molecule has 1 saturated heterocycles. The molecule has 0 bridgehead atoms. The number of carbonyl (C=O) groups excluding carboxylic acids is 2. The van der Waals surface area contributed by atoms with E-state index in [0.717, 1.165) is 25.9 Å². The number of amides is 2. The fourth-order valence-corrected chi connectivity index (χ4v) is 3.15. The van der Waals surface area contributed by atoms with Crippen LogP contribution in [0.25, 0.3) is 0 Å². The molecular formula is C18H23Cl2N5O2. The fourth-order valence-electron chi connectivity index (χ4n) is 2.98. The lowest BCUT2D eigenvalue weighted by Crippen LogP contribution is -2.32. The molecule has 1 aliphatic rings. The lowest BCUT2D eigenvalue weighted by atomic mass is 10.1. The summed E-state index contributed by atoms with van der Waals surface area (Å²) in [4.78, 5) is 24.8. The SMILES string of the molecule is CCNC(=O)c1ccc(Cl)cc1NC(=O)c1ccn(C2CCCNC2)n1.Cl. The van der Waals surface area contributed by atoms with Gasteiger partial charge < -0.3 is 16.0 Å². The molecule has 2 amide bonds. The zero-order valence-electron chi connectivity index (χ0n) is 15.0. The van der Waals surface area contributed by atoms with Crippen molar-refractivity contribution in [3.05, 3.63) is 46.7 Å². The first-order chi connectivity index (χ1) is 12.6. The topological polar surface area (TPSA) is 88.0 Å². The number of carbonyl (C=O) groups is 2. The van der Waals surface area contributed by atoms with Crippen molar-refractivity contribution in [2.75, 3.05) is 25.0 Å². The highest BCUT2D eigenvalue weighted by atomic mass is 35.5. The van der Waals surface area contributed by atoms with E-state index in [2.05, 4.69) is 21.0 Å². The average Bonchev–Trinajstić information content (AvgIpc) is 3.13. The molecule has 1 aliphatic heterocycles. The van der Waals surface area contributed by atoms with Crippen molar-refractivity contribution in [1.29, 1.82) is 0 Å². The number of nitrogens with zero attached hydrogens (tertiary/aromatic N) is 2. The van der Waals surface area contributed by atoms with Crippen LogP contribution in [0.15, 0.2) is 30.5 Å². The third kappa shape index (κ3) is 5.22. The number of nitrogens with one attached hydrogen (secondary N) is 3. The standard InChI is InChI=1S/C18H22ClN5O2.ClH/c1-2-21-17(25)14-6-5-12(19)10-16(14)22-18(26)15-7-9-24(23-15)13-4-3-8-20-11-13;/h5-7,9-10,13,20H,2-4,8,11H2,1H3,(H,21,25)(H,22,26);1H. The number of halogens is 2. The molecule has 1 fully saturated rings. The molecule has 1 aromatic carbocycles. The summed E-state index contributed by atoms with van der Waals surface area (Å²) in [5, 5.41) is 13.6. The van der Waals surface area contributed by atoms with Crippen LogP contribution in [0.3, 0.4) is 0 Å². The van der Waals surface area contributed by atoms with Gasteiger partial charge in [-0.1, -0.05) is 11.6 Å². The van der Waals surface area contributed by atoms with Gasteiger partial charge in [0, 0.05) is 24.3 Å². The van der Waals surface area contributed by atoms with Crippen molar-refractivity contribution in [2.45, 2.75) is 25.8 Å². The maximum atomic E-state index is 12.6. The molecule has 2 heterocycles. The largest absolute Gasteiger partial charge is 0.352 e. The summed E-state index contributed by atoms with van der Waals surface area (Å²) < 4.78 is 1.82. The van der Waals surface area contributed by atoms with Gasteiger partial charge in [-0.2, -0.15) is 5.10 Å². The van der Waals surface area contributed by atoms with E-state index in [1.165, 1.54) is 0 Å². The van der Waals surface area contributed by atoms with Crippen LogP contribution >= 0.6 is 24.0 Å². The maximum Gasteiger partial charge on any atom is 0.276 e. The Morgan fingerprint density at radius 3 is 2.85 bits per heavy atom. The molecule has 1 unspecified atom stereocenters. The summed E-state index contributed by atoms with van der Waals surface area (Å²) in [5.41, 5.74) is 1.03. The van der Waals surface area contributed by atoms with Crippen LogP contribution in [-0.2, 0) is 0 Å². The minimum atomic E-state index is -0.375. The Morgan fingerprint density at radius 2 is 2.15 bits per heavy atom. The Labute approximate surface area is 169 Å². The third-order valence-corrected chi connectivity index (χ3v) is 4.53. The minimum Gasteiger partial charge on any atom is -0.352 e. The average molecular weight is 412 g/mol. The highest BCUT2D eigenvalue weighted by Gasteiger charge is 2.19. The first-order valence-electron chi connectivity index (χ1n) is 8.73. The molecular weight excluding hydrogens is 389 g/mol. The number of rotatable bonds is 5. The lowest BCUT2D eigenvalue weighted by Gasteiger charge is -2.22. The van der Waals surface area contributed by atoms with E-state index >= 15 is 0 Å². The Morgan fingerprint density at radius 1 is 1.33 bits per heavy atom. The zero-order valence-corrected chi connectivity index (χ0v) is 16.6. The van der Waals surface area contributed by atoms with Gasteiger partial charge in [0.15, 0.2) is 5.69 Å². The van der Waals surface area contributed by atoms with Crippen molar-refractivity contribution in [2.24, 2.45) is 0 Å². The van der Waals surface area contributed by atoms with Crippen LogP contribution in [0.5, 0.6) is 0 Å². The molecule has 7 nitrogen and oxygen atoms in total. The van der Waals surface area contributed by atoms with Gasteiger partial charge in [0.05, 0.1) is 17.3 Å². The normalized spacial score (nSPS) is 16.3. The van der Waals surface area contributed by atoms with Crippen molar-refractivity contribution >= 4 is 41.5 Å². The lowest BCUT2D eigenvalue weighted by molar-refractivity contribution is 0.0956. The smallest absolute Gasteiger partial charge is 0.276 e. The van der Waals surface area contributed by atoms with Gasteiger partial charge in [0.25, 0.3) is 11.8 Å². The first kappa shape index (κ1) is 21.2. The Hall–Kier alpha value is -2.09. The molecule has 3 N–H and O–H groups in total. The second kappa shape index (κ2) is 9.73. The summed E-state index contributed by atoms with van der Waals surface area (Å²) in [6.45, 7) is 4.19. The van der Waals surface area contributed by atoms with Crippen molar-refractivity contribution < 1.29 is 9.59 Å². The summed E-state index contributed by atoms with van der Waals surface area (Å²) in [7, 11) is 0. The molecule has 146 valence electrons. The predicted octanol–water partition coefficient (Wildman–Crippen LogP) is 2.88. The minimum absolute atomic E-state index is 0. The zero-order chi connectivity index (χ0) is 18.5. The van der Waals surface area contributed by atoms with E-state index in [1.807, 2.05) is 17.8 Å². The summed E-state index contributed by atoms with van der Waals surface area (Å²) in [6.07, 6.45) is 3.94. The van der Waals surface area contributed by atoms with Crippen molar-refractivity contribution in [1.82, 2.24) is 20.4 Å². The van der Waals surface area contributed by atoms with Gasteiger partial charge in [-0.15, -0.1) is 12.4 Å². The van der Waals surface area contributed by atoms with Crippen LogP contribution < -0.4 is 16.0 Å². The molecule has 1 aromatic heterocycles. The van der Waals surface area contributed by atoms with Gasteiger partial charge in [-0.3, -0.25) is 14.3 Å². The number of benzene rings is 1. The van der Waals surface area contributed by atoms with Crippen LogP contribution in [-0.4, -0.2) is 41.2 Å². The quantitative estimate of drug-likeness (QED) is 0.705. The van der Waals surface area contributed by atoms with E-state index in [0.29, 0.717) is 28.5 Å². The maximum absolute atomic E-state index is 12.6.